The summed E-state index contributed by atoms with van der Waals surface area (Å²) in [4.78, 5) is 11.6. The van der Waals surface area contributed by atoms with Crippen LogP contribution >= 0.6 is 0 Å². The lowest BCUT2D eigenvalue weighted by atomic mass is 10.1. The Labute approximate surface area is 139 Å². The van der Waals surface area contributed by atoms with Gasteiger partial charge < -0.3 is 9.64 Å². The minimum atomic E-state index is 0.251. The van der Waals surface area contributed by atoms with Gasteiger partial charge in [0.05, 0.1) is 24.9 Å². The number of pyridine rings is 2. The van der Waals surface area contributed by atoms with Crippen LogP contribution in [0.2, 0.25) is 0 Å². The lowest BCUT2D eigenvalue weighted by Crippen LogP contribution is -2.44. The van der Waals surface area contributed by atoms with Gasteiger partial charge in [-0.15, -0.1) is 6.42 Å². The summed E-state index contributed by atoms with van der Waals surface area (Å²) in [6.07, 6.45) is 9.20. The number of H-pyrrole nitrogens is 1. The van der Waals surface area contributed by atoms with Crippen molar-refractivity contribution in [2.24, 2.45) is 0 Å². The van der Waals surface area contributed by atoms with Crippen molar-refractivity contribution in [3.8, 4) is 23.7 Å². The van der Waals surface area contributed by atoms with Crippen molar-refractivity contribution in [1.29, 1.82) is 0 Å². The Morgan fingerprint density at radius 3 is 3.04 bits per heavy atom. The zero-order valence-corrected chi connectivity index (χ0v) is 13.4. The Hall–Kier alpha value is -2.91. The maximum atomic E-state index is 5.76. The molecular weight excluding hydrogens is 302 g/mol. The van der Waals surface area contributed by atoms with Crippen molar-refractivity contribution in [3.63, 3.8) is 0 Å². The molecule has 0 bridgehead atoms. The Morgan fingerprint density at radius 2 is 2.29 bits per heavy atom. The van der Waals surface area contributed by atoms with Crippen LogP contribution in [-0.4, -0.2) is 46.0 Å². The van der Waals surface area contributed by atoms with Gasteiger partial charge in [-0.05, 0) is 25.1 Å². The molecule has 4 heterocycles. The van der Waals surface area contributed by atoms with Crippen LogP contribution in [0.25, 0.3) is 22.3 Å². The summed E-state index contributed by atoms with van der Waals surface area (Å²) in [5.41, 5.74) is 3.18. The minimum absolute atomic E-state index is 0.251. The van der Waals surface area contributed by atoms with E-state index in [0.717, 1.165) is 40.2 Å². The molecule has 0 radical (unpaired) electrons. The third-order valence-electron chi connectivity index (χ3n) is 4.29. The first kappa shape index (κ1) is 14.7. The van der Waals surface area contributed by atoms with Crippen molar-refractivity contribution in [1.82, 2.24) is 20.2 Å². The molecule has 1 aliphatic rings. The number of aromatic nitrogens is 4. The van der Waals surface area contributed by atoms with Gasteiger partial charge in [0.1, 0.15) is 17.0 Å². The summed E-state index contributed by atoms with van der Waals surface area (Å²) in [6, 6.07) is 6.01. The van der Waals surface area contributed by atoms with Crippen LogP contribution in [-0.2, 0) is 4.74 Å². The highest BCUT2D eigenvalue weighted by molar-refractivity contribution is 5.95. The lowest BCUT2D eigenvalue weighted by Gasteiger charge is -2.34. The SMILES string of the molecule is C#Cc1cc(N2CCOC[C@H]2C)nc2c(-c3ccn[nH]3)nccc12. The maximum Gasteiger partial charge on any atom is 0.130 e. The van der Waals surface area contributed by atoms with E-state index in [0.29, 0.717) is 13.2 Å². The highest BCUT2D eigenvalue weighted by Gasteiger charge is 2.22. The largest absolute Gasteiger partial charge is 0.377 e. The number of rotatable bonds is 2. The number of anilines is 1. The molecule has 6 heteroatoms. The highest BCUT2D eigenvalue weighted by atomic mass is 16.5. The van der Waals surface area contributed by atoms with Crippen molar-refractivity contribution in [2.75, 3.05) is 24.7 Å². The van der Waals surface area contributed by atoms with E-state index in [2.05, 4.69) is 32.9 Å². The minimum Gasteiger partial charge on any atom is -0.377 e. The van der Waals surface area contributed by atoms with E-state index in [1.165, 1.54) is 0 Å². The first-order chi connectivity index (χ1) is 11.8. The molecule has 0 unspecified atom stereocenters. The van der Waals surface area contributed by atoms with Gasteiger partial charge in [-0.2, -0.15) is 5.10 Å². The number of aromatic amines is 1. The zero-order valence-electron chi connectivity index (χ0n) is 13.4. The molecule has 3 aromatic heterocycles. The highest BCUT2D eigenvalue weighted by Crippen LogP contribution is 2.29. The fourth-order valence-corrected chi connectivity index (χ4v) is 3.06. The van der Waals surface area contributed by atoms with Crippen LogP contribution in [0.3, 0.4) is 0 Å². The van der Waals surface area contributed by atoms with E-state index in [1.54, 1.807) is 12.4 Å². The number of hydrogen-bond donors (Lipinski definition) is 1. The van der Waals surface area contributed by atoms with E-state index >= 15 is 0 Å². The first-order valence-corrected chi connectivity index (χ1v) is 7.88. The molecule has 3 aromatic rings. The van der Waals surface area contributed by atoms with Crippen molar-refractivity contribution in [2.45, 2.75) is 13.0 Å². The molecule has 1 fully saturated rings. The van der Waals surface area contributed by atoms with Gasteiger partial charge in [0, 0.05) is 29.9 Å². The van der Waals surface area contributed by atoms with Gasteiger partial charge in [-0.3, -0.25) is 10.1 Å². The van der Waals surface area contributed by atoms with E-state index in [4.69, 9.17) is 16.1 Å². The molecule has 0 amide bonds. The van der Waals surface area contributed by atoms with Crippen LogP contribution in [0.5, 0.6) is 0 Å². The smallest absolute Gasteiger partial charge is 0.130 e. The van der Waals surface area contributed by atoms with E-state index in [9.17, 15) is 0 Å². The fourth-order valence-electron chi connectivity index (χ4n) is 3.06. The molecule has 1 aliphatic heterocycles. The van der Waals surface area contributed by atoms with Gasteiger partial charge in [0.25, 0.3) is 0 Å². The third-order valence-corrected chi connectivity index (χ3v) is 4.29. The predicted molar refractivity (Wildman–Crippen MR) is 92.7 cm³/mol. The average Bonchev–Trinajstić information content (AvgIpc) is 3.15. The molecule has 4 rings (SSSR count). The number of terminal acetylenes is 1. The molecular formula is C18H17N5O. The van der Waals surface area contributed by atoms with Crippen LogP contribution in [0, 0.1) is 12.3 Å². The third kappa shape index (κ3) is 2.39. The molecule has 120 valence electrons. The second kappa shape index (κ2) is 5.95. The van der Waals surface area contributed by atoms with Crippen molar-refractivity contribution in [3.05, 3.63) is 36.2 Å². The number of ether oxygens (including phenoxy) is 1. The van der Waals surface area contributed by atoms with E-state index < -0.39 is 0 Å². The predicted octanol–water partition coefficient (Wildman–Crippen LogP) is 2.23. The van der Waals surface area contributed by atoms with Crippen LogP contribution in [0.4, 0.5) is 5.82 Å². The summed E-state index contributed by atoms with van der Waals surface area (Å²) < 4.78 is 5.52. The van der Waals surface area contributed by atoms with E-state index in [1.807, 2.05) is 18.2 Å². The number of morpholine rings is 1. The molecule has 24 heavy (non-hydrogen) atoms. The Bertz CT molecular complexity index is 913. The molecule has 6 nitrogen and oxygen atoms in total. The summed E-state index contributed by atoms with van der Waals surface area (Å²) in [7, 11) is 0. The number of nitrogens with one attached hydrogen (secondary N) is 1. The van der Waals surface area contributed by atoms with Crippen molar-refractivity contribution < 1.29 is 4.74 Å². The summed E-state index contributed by atoms with van der Waals surface area (Å²) in [6.45, 7) is 4.30. The standard InChI is InChI=1S/C18H17N5O/c1-3-13-10-16(23-8-9-24-11-12(23)2)21-17-14(13)4-6-19-18(17)15-5-7-20-22-15/h1,4-7,10,12H,8-9,11H2,2H3,(H,20,22)/t12-/m1/s1. The Balaban J connectivity index is 1.94. The van der Waals surface area contributed by atoms with Crippen LogP contribution < -0.4 is 4.90 Å². The van der Waals surface area contributed by atoms with Gasteiger partial charge in [0.15, 0.2) is 0 Å². The van der Waals surface area contributed by atoms with Crippen LogP contribution in [0.15, 0.2) is 30.6 Å². The summed E-state index contributed by atoms with van der Waals surface area (Å²) in [5.74, 6) is 3.65. The first-order valence-electron chi connectivity index (χ1n) is 7.88. The summed E-state index contributed by atoms with van der Waals surface area (Å²) >= 11 is 0. The van der Waals surface area contributed by atoms with Crippen LogP contribution in [0.1, 0.15) is 12.5 Å². The zero-order chi connectivity index (χ0) is 16.5. The van der Waals surface area contributed by atoms with Gasteiger partial charge in [-0.25, -0.2) is 4.98 Å². The fraction of sp³-hybridized carbons (Fsp3) is 0.278. The Kier molecular flexibility index (Phi) is 3.63. The second-order valence-electron chi connectivity index (χ2n) is 5.82. The van der Waals surface area contributed by atoms with E-state index in [-0.39, 0.29) is 6.04 Å². The number of fused-ring (bicyclic) bond motifs is 1. The number of nitrogens with zero attached hydrogens (tertiary/aromatic N) is 4. The Morgan fingerprint density at radius 1 is 1.38 bits per heavy atom. The molecule has 0 aromatic carbocycles. The maximum absolute atomic E-state index is 5.76. The molecule has 1 N–H and O–H groups in total. The molecule has 0 aliphatic carbocycles. The topological polar surface area (TPSA) is 66.9 Å². The molecule has 0 saturated carbocycles. The normalized spacial score (nSPS) is 17.8. The monoisotopic (exact) mass is 319 g/mol. The van der Waals surface area contributed by atoms with Gasteiger partial charge >= 0.3 is 0 Å². The molecule has 0 spiro atoms. The lowest BCUT2D eigenvalue weighted by molar-refractivity contribution is 0.0986. The summed E-state index contributed by atoms with van der Waals surface area (Å²) in [5, 5.41) is 7.88. The van der Waals surface area contributed by atoms with Gasteiger partial charge in [-0.1, -0.05) is 5.92 Å². The van der Waals surface area contributed by atoms with Crippen molar-refractivity contribution >= 4 is 16.7 Å². The molecule has 1 atom stereocenters. The quantitative estimate of drug-likeness (QED) is 0.734. The molecule has 1 saturated heterocycles. The van der Waals surface area contributed by atoms with Gasteiger partial charge in [0.2, 0.25) is 0 Å². The second-order valence-corrected chi connectivity index (χ2v) is 5.82. The average molecular weight is 319 g/mol. The number of hydrogen-bond acceptors (Lipinski definition) is 5.